The fraction of sp³-hybridized carbons (Fsp3) is 0. The van der Waals surface area contributed by atoms with Crippen molar-refractivity contribution in [2.75, 3.05) is 0 Å². The SMILES string of the molecule is Oc1cc(-c2ccc(Br)cc2)nn1-c1ccccn1. The molecule has 0 amide bonds. The number of hydrogen-bond acceptors (Lipinski definition) is 3. The Morgan fingerprint density at radius 2 is 1.84 bits per heavy atom. The lowest BCUT2D eigenvalue weighted by Gasteiger charge is -2.00. The van der Waals surface area contributed by atoms with E-state index in [9.17, 15) is 5.11 Å². The zero-order valence-corrected chi connectivity index (χ0v) is 11.4. The summed E-state index contributed by atoms with van der Waals surface area (Å²) >= 11 is 3.39. The van der Waals surface area contributed by atoms with E-state index >= 15 is 0 Å². The Labute approximate surface area is 118 Å². The van der Waals surface area contributed by atoms with E-state index in [4.69, 9.17) is 0 Å². The lowest BCUT2D eigenvalue weighted by atomic mass is 10.2. The van der Waals surface area contributed by atoms with Gasteiger partial charge in [-0.1, -0.05) is 34.1 Å². The molecule has 0 aliphatic carbocycles. The van der Waals surface area contributed by atoms with Crippen LogP contribution in [0.5, 0.6) is 5.88 Å². The molecule has 2 heterocycles. The Balaban J connectivity index is 2.04. The minimum Gasteiger partial charge on any atom is -0.493 e. The van der Waals surface area contributed by atoms with Gasteiger partial charge >= 0.3 is 0 Å². The number of hydrogen-bond donors (Lipinski definition) is 1. The maximum Gasteiger partial charge on any atom is 0.216 e. The van der Waals surface area contributed by atoms with Crippen molar-refractivity contribution >= 4 is 15.9 Å². The summed E-state index contributed by atoms with van der Waals surface area (Å²) in [4.78, 5) is 4.16. The second-order valence-corrected chi connectivity index (χ2v) is 4.91. The molecular formula is C14H10BrN3O. The zero-order valence-electron chi connectivity index (χ0n) is 9.86. The van der Waals surface area contributed by atoms with Crippen LogP contribution in [0, 0.1) is 0 Å². The van der Waals surface area contributed by atoms with Crippen LogP contribution >= 0.6 is 15.9 Å². The molecule has 0 atom stereocenters. The summed E-state index contributed by atoms with van der Waals surface area (Å²) in [5.41, 5.74) is 1.64. The summed E-state index contributed by atoms with van der Waals surface area (Å²) in [6.07, 6.45) is 1.66. The van der Waals surface area contributed by atoms with Gasteiger partial charge in [0.2, 0.25) is 5.88 Å². The Morgan fingerprint density at radius 3 is 2.53 bits per heavy atom. The number of benzene rings is 1. The van der Waals surface area contributed by atoms with Gasteiger partial charge in [-0.15, -0.1) is 0 Å². The van der Waals surface area contributed by atoms with Crippen LogP contribution in [0.15, 0.2) is 59.2 Å². The van der Waals surface area contributed by atoms with Gasteiger partial charge in [-0.3, -0.25) is 0 Å². The summed E-state index contributed by atoms with van der Waals surface area (Å²) < 4.78 is 2.42. The molecule has 5 heteroatoms. The van der Waals surface area contributed by atoms with E-state index in [1.165, 1.54) is 4.68 Å². The van der Waals surface area contributed by atoms with Gasteiger partial charge in [-0.25, -0.2) is 4.98 Å². The van der Waals surface area contributed by atoms with Crippen LogP contribution in [0.4, 0.5) is 0 Å². The van der Waals surface area contributed by atoms with E-state index in [-0.39, 0.29) is 5.88 Å². The first-order valence-electron chi connectivity index (χ1n) is 5.70. The van der Waals surface area contributed by atoms with Crippen molar-refractivity contribution in [2.45, 2.75) is 0 Å². The van der Waals surface area contributed by atoms with Crippen molar-refractivity contribution in [1.29, 1.82) is 0 Å². The van der Waals surface area contributed by atoms with Gasteiger partial charge in [0.25, 0.3) is 0 Å². The molecule has 3 aromatic rings. The third-order valence-corrected chi connectivity index (χ3v) is 3.23. The third-order valence-electron chi connectivity index (χ3n) is 2.70. The van der Waals surface area contributed by atoms with Crippen molar-refractivity contribution in [3.05, 3.63) is 59.2 Å². The molecule has 0 aliphatic rings. The molecule has 0 saturated heterocycles. The largest absolute Gasteiger partial charge is 0.493 e. The molecule has 4 nitrogen and oxygen atoms in total. The fourth-order valence-corrected chi connectivity index (χ4v) is 2.04. The van der Waals surface area contributed by atoms with E-state index in [2.05, 4.69) is 26.0 Å². The lowest BCUT2D eigenvalue weighted by Crippen LogP contribution is -1.98. The Bertz CT molecular complexity index is 692. The van der Waals surface area contributed by atoms with Gasteiger partial charge in [-0.2, -0.15) is 9.78 Å². The second-order valence-electron chi connectivity index (χ2n) is 3.99. The molecule has 0 saturated carbocycles. The Morgan fingerprint density at radius 1 is 1.05 bits per heavy atom. The highest BCUT2D eigenvalue weighted by Gasteiger charge is 2.10. The van der Waals surface area contributed by atoms with Gasteiger partial charge in [0.1, 0.15) is 0 Å². The first kappa shape index (κ1) is 11.9. The number of rotatable bonds is 2. The number of pyridine rings is 1. The molecule has 19 heavy (non-hydrogen) atoms. The van der Waals surface area contributed by atoms with E-state index in [0.717, 1.165) is 10.0 Å². The highest BCUT2D eigenvalue weighted by atomic mass is 79.9. The van der Waals surface area contributed by atoms with Crippen LogP contribution in [0.1, 0.15) is 0 Å². The highest BCUT2D eigenvalue weighted by molar-refractivity contribution is 9.10. The van der Waals surface area contributed by atoms with E-state index in [1.54, 1.807) is 18.3 Å². The molecular weight excluding hydrogens is 306 g/mol. The topological polar surface area (TPSA) is 50.9 Å². The molecule has 0 radical (unpaired) electrons. The molecule has 2 aromatic heterocycles. The van der Waals surface area contributed by atoms with Crippen LogP contribution in [0.2, 0.25) is 0 Å². The Kier molecular flexibility index (Phi) is 3.05. The minimum absolute atomic E-state index is 0.0663. The van der Waals surface area contributed by atoms with Gasteiger partial charge in [0, 0.05) is 22.3 Å². The van der Waals surface area contributed by atoms with Crippen LogP contribution in [0.25, 0.3) is 17.1 Å². The van der Waals surface area contributed by atoms with Crippen LogP contribution < -0.4 is 0 Å². The number of aromatic nitrogens is 3. The van der Waals surface area contributed by atoms with Crippen LogP contribution in [-0.2, 0) is 0 Å². The van der Waals surface area contributed by atoms with Gasteiger partial charge in [0.15, 0.2) is 5.82 Å². The lowest BCUT2D eigenvalue weighted by molar-refractivity contribution is 0.432. The molecule has 1 aromatic carbocycles. The van der Waals surface area contributed by atoms with Gasteiger partial charge in [0.05, 0.1) is 5.69 Å². The quantitative estimate of drug-likeness (QED) is 0.788. The van der Waals surface area contributed by atoms with Crippen molar-refractivity contribution in [2.24, 2.45) is 0 Å². The fourth-order valence-electron chi connectivity index (χ4n) is 1.78. The number of nitrogens with zero attached hydrogens (tertiary/aromatic N) is 3. The van der Waals surface area contributed by atoms with E-state index in [1.807, 2.05) is 36.4 Å². The monoisotopic (exact) mass is 315 g/mol. The van der Waals surface area contributed by atoms with E-state index < -0.39 is 0 Å². The molecule has 3 rings (SSSR count). The van der Waals surface area contributed by atoms with E-state index in [0.29, 0.717) is 11.5 Å². The second kappa shape index (κ2) is 4.85. The Hall–Kier alpha value is -2.14. The van der Waals surface area contributed by atoms with Crippen molar-refractivity contribution in [3.63, 3.8) is 0 Å². The maximum atomic E-state index is 9.95. The highest BCUT2D eigenvalue weighted by Crippen LogP contribution is 2.25. The summed E-state index contributed by atoms with van der Waals surface area (Å²) in [5, 5.41) is 14.3. The third kappa shape index (κ3) is 2.37. The average molecular weight is 316 g/mol. The predicted octanol–water partition coefficient (Wildman–Crippen LogP) is 3.40. The summed E-state index contributed by atoms with van der Waals surface area (Å²) in [7, 11) is 0. The molecule has 0 bridgehead atoms. The average Bonchev–Trinajstić information content (AvgIpc) is 2.83. The maximum absolute atomic E-state index is 9.95. The summed E-state index contributed by atoms with van der Waals surface area (Å²) in [6, 6.07) is 14.8. The van der Waals surface area contributed by atoms with Crippen LogP contribution in [0.3, 0.4) is 0 Å². The molecule has 0 aliphatic heterocycles. The van der Waals surface area contributed by atoms with Crippen molar-refractivity contribution in [3.8, 4) is 23.0 Å². The molecule has 94 valence electrons. The molecule has 0 spiro atoms. The molecule has 1 N–H and O–H groups in total. The molecule has 0 unspecified atom stereocenters. The molecule has 0 fully saturated rings. The minimum atomic E-state index is 0.0663. The summed E-state index contributed by atoms with van der Waals surface area (Å²) in [5.74, 6) is 0.653. The van der Waals surface area contributed by atoms with Crippen molar-refractivity contribution < 1.29 is 5.11 Å². The number of halogens is 1. The van der Waals surface area contributed by atoms with Gasteiger partial charge in [-0.05, 0) is 24.3 Å². The summed E-state index contributed by atoms with van der Waals surface area (Å²) in [6.45, 7) is 0. The van der Waals surface area contributed by atoms with Crippen molar-refractivity contribution in [1.82, 2.24) is 14.8 Å². The first-order valence-corrected chi connectivity index (χ1v) is 6.50. The number of aromatic hydroxyl groups is 1. The normalized spacial score (nSPS) is 10.6. The van der Waals surface area contributed by atoms with Gasteiger partial charge < -0.3 is 5.11 Å². The smallest absolute Gasteiger partial charge is 0.216 e. The standard InChI is InChI=1S/C14H10BrN3O/c15-11-6-4-10(5-7-11)12-9-14(19)18(17-12)13-3-1-2-8-16-13/h1-9,19H. The zero-order chi connectivity index (χ0) is 13.2. The predicted molar refractivity (Wildman–Crippen MR) is 76.2 cm³/mol. The van der Waals surface area contributed by atoms with Crippen LogP contribution in [-0.4, -0.2) is 19.9 Å². The first-order chi connectivity index (χ1) is 9.24.